The van der Waals surface area contributed by atoms with Crippen molar-refractivity contribution in [3.63, 3.8) is 0 Å². The summed E-state index contributed by atoms with van der Waals surface area (Å²) in [6.45, 7) is 0. The van der Waals surface area contributed by atoms with E-state index in [0.717, 1.165) is 5.56 Å². The molecule has 0 N–H and O–H groups in total. The second kappa shape index (κ2) is 5.25. The number of benzene rings is 1. The Kier molecular flexibility index (Phi) is 3.50. The lowest BCUT2D eigenvalue weighted by Crippen LogP contribution is -2.03. The number of hydrogen-bond acceptors (Lipinski definition) is 3. The Hall–Kier alpha value is -2.16. The molecule has 0 amide bonds. The summed E-state index contributed by atoms with van der Waals surface area (Å²) in [5, 5.41) is 0. The minimum atomic E-state index is 0.0788. The van der Waals surface area contributed by atoms with Crippen molar-refractivity contribution < 1.29 is 9.53 Å². The largest absolute Gasteiger partial charge is 0.497 e. The molecular weight excluding hydrogens is 214 g/mol. The van der Waals surface area contributed by atoms with Crippen LogP contribution in [0.2, 0.25) is 0 Å². The lowest BCUT2D eigenvalue weighted by Gasteiger charge is -2.03. The first kappa shape index (κ1) is 11.3. The maximum Gasteiger partial charge on any atom is 0.167 e. The highest BCUT2D eigenvalue weighted by Crippen LogP contribution is 2.14. The second-order valence-electron chi connectivity index (χ2n) is 3.69. The van der Waals surface area contributed by atoms with Crippen LogP contribution in [0.15, 0.2) is 48.8 Å². The van der Waals surface area contributed by atoms with E-state index in [2.05, 4.69) is 4.98 Å². The zero-order valence-electron chi connectivity index (χ0n) is 9.59. The van der Waals surface area contributed by atoms with Gasteiger partial charge in [0.1, 0.15) is 5.75 Å². The average molecular weight is 227 g/mol. The highest BCUT2D eigenvalue weighted by atomic mass is 16.5. The van der Waals surface area contributed by atoms with Crippen LogP contribution in [0.5, 0.6) is 5.75 Å². The SMILES string of the molecule is COc1cccc(C(=O)Cc2ccncc2)c1. The topological polar surface area (TPSA) is 39.2 Å². The van der Waals surface area contributed by atoms with E-state index in [1.165, 1.54) is 0 Å². The van der Waals surface area contributed by atoms with Gasteiger partial charge in [-0.2, -0.15) is 0 Å². The number of aromatic nitrogens is 1. The maximum absolute atomic E-state index is 12.0. The van der Waals surface area contributed by atoms with Gasteiger partial charge in [0.2, 0.25) is 0 Å². The molecule has 0 spiro atoms. The number of hydrogen-bond donors (Lipinski definition) is 0. The van der Waals surface area contributed by atoms with Gasteiger partial charge < -0.3 is 4.74 Å². The predicted molar refractivity (Wildman–Crippen MR) is 65.3 cm³/mol. The molecule has 0 aliphatic carbocycles. The number of methoxy groups -OCH3 is 1. The van der Waals surface area contributed by atoms with Crippen LogP contribution in [0, 0.1) is 0 Å². The zero-order valence-corrected chi connectivity index (χ0v) is 9.59. The van der Waals surface area contributed by atoms with Gasteiger partial charge in [0.05, 0.1) is 7.11 Å². The third kappa shape index (κ3) is 2.91. The van der Waals surface area contributed by atoms with Crippen molar-refractivity contribution in [1.82, 2.24) is 4.98 Å². The van der Waals surface area contributed by atoms with Crippen molar-refractivity contribution in [2.24, 2.45) is 0 Å². The highest BCUT2D eigenvalue weighted by molar-refractivity contribution is 5.97. The van der Waals surface area contributed by atoms with Crippen LogP contribution in [-0.2, 0) is 6.42 Å². The van der Waals surface area contributed by atoms with Crippen LogP contribution in [0.3, 0.4) is 0 Å². The lowest BCUT2D eigenvalue weighted by molar-refractivity contribution is 0.0992. The fourth-order valence-corrected chi connectivity index (χ4v) is 1.58. The molecule has 86 valence electrons. The number of rotatable bonds is 4. The van der Waals surface area contributed by atoms with Crippen LogP contribution in [0.4, 0.5) is 0 Å². The van der Waals surface area contributed by atoms with E-state index in [4.69, 9.17) is 4.74 Å². The minimum Gasteiger partial charge on any atom is -0.497 e. The second-order valence-corrected chi connectivity index (χ2v) is 3.69. The zero-order chi connectivity index (χ0) is 12.1. The third-order valence-corrected chi connectivity index (χ3v) is 2.51. The van der Waals surface area contributed by atoms with Crippen LogP contribution < -0.4 is 4.74 Å². The van der Waals surface area contributed by atoms with Crippen LogP contribution in [0.25, 0.3) is 0 Å². The quantitative estimate of drug-likeness (QED) is 0.753. The molecule has 17 heavy (non-hydrogen) atoms. The Morgan fingerprint density at radius 3 is 2.71 bits per heavy atom. The van der Waals surface area contributed by atoms with Gasteiger partial charge in [0.15, 0.2) is 5.78 Å². The molecule has 3 nitrogen and oxygen atoms in total. The van der Waals surface area contributed by atoms with E-state index in [9.17, 15) is 4.79 Å². The van der Waals surface area contributed by atoms with E-state index >= 15 is 0 Å². The van der Waals surface area contributed by atoms with Gasteiger partial charge in [-0.1, -0.05) is 12.1 Å². The number of Topliss-reactive ketones (excluding diaryl/α,β-unsaturated/α-hetero) is 1. The lowest BCUT2D eigenvalue weighted by atomic mass is 10.0. The molecule has 0 bridgehead atoms. The summed E-state index contributed by atoms with van der Waals surface area (Å²) >= 11 is 0. The number of carbonyl (C=O) groups excluding carboxylic acids is 1. The smallest absolute Gasteiger partial charge is 0.167 e. The van der Waals surface area contributed by atoms with Gasteiger partial charge >= 0.3 is 0 Å². The standard InChI is InChI=1S/C14H13NO2/c1-17-13-4-2-3-12(10-13)14(16)9-11-5-7-15-8-6-11/h2-8,10H,9H2,1H3. The van der Waals surface area contributed by atoms with E-state index in [1.807, 2.05) is 24.3 Å². The molecule has 1 aromatic carbocycles. The molecule has 0 aliphatic heterocycles. The molecule has 0 saturated heterocycles. The number of ketones is 1. The highest BCUT2D eigenvalue weighted by Gasteiger charge is 2.07. The Labute approximate surface area is 100 Å². The molecule has 0 aliphatic rings. The number of pyridine rings is 1. The summed E-state index contributed by atoms with van der Waals surface area (Å²) in [5.41, 5.74) is 1.63. The molecule has 1 heterocycles. The minimum absolute atomic E-state index is 0.0788. The summed E-state index contributed by atoms with van der Waals surface area (Å²) in [5.74, 6) is 0.778. The van der Waals surface area contributed by atoms with E-state index in [-0.39, 0.29) is 5.78 Å². The van der Waals surface area contributed by atoms with Gasteiger partial charge in [-0.15, -0.1) is 0 Å². The molecular formula is C14H13NO2. The molecule has 3 heteroatoms. The summed E-state index contributed by atoms with van der Waals surface area (Å²) in [6, 6.07) is 10.9. The Morgan fingerprint density at radius 1 is 1.24 bits per heavy atom. The molecule has 1 aromatic heterocycles. The normalized spacial score (nSPS) is 9.94. The van der Waals surface area contributed by atoms with Crippen LogP contribution >= 0.6 is 0 Å². The predicted octanol–water partition coefficient (Wildman–Crippen LogP) is 2.52. The van der Waals surface area contributed by atoms with Gasteiger partial charge in [-0.3, -0.25) is 9.78 Å². The summed E-state index contributed by atoms with van der Waals surface area (Å²) < 4.78 is 5.09. The number of nitrogens with zero attached hydrogens (tertiary/aromatic N) is 1. The van der Waals surface area contributed by atoms with Gasteiger partial charge in [0.25, 0.3) is 0 Å². The first-order valence-corrected chi connectivity index (χ1v) is 5.36. The van der Waals surface area contributed by atoms with Gasteiger partial charge in [0, 0.05) is 24.4 Å². The van der Waals surface area contributed by atoms with Crippen LogP contribution in [0.1, 0.15) is 15.9 Å². The third-order valence-electron chi connectivity index (χ3n) is 2.51. The molecule has 0 saturated carbocycles. The van der Waals surface area contributed by atoms with Gasteiger partial charge in [-0.05, 0) is 29.8 Å². The Morgan fingerprint density at radius 2 is 2.00 bits per heavy atom. The van der Waals surface area contributed by atoms with Gasteiger partial charge in [-0.25, -0.2) is 0 Å². The van der Waals surface area contributed by atoms with Crippen molar-refractivity contribution in [2.75, 3.05) is 7.11 Å². The fraction of sp³-hybridized carbons (Fsp3) is 0.143. The number of ether oxygens (including phenoxy) is 1. The molecule has 0 fully saturated rings. The van der Waals surface area contributed by atoms with Crippen molar-refractivity contribution in [2.45, 2.75) is 6.42 Å². The van der Waals surface area contributed by atoms with Crippen molar-refractivity contribution in [3.05, 3.63) is 59.9 Å². The fourth-order valence-electron chi connectivity index (χ4n) is 1.58. The van der Waals surface area contributed by atoms with E-state index in [1.54, 1.807) is 31.6 Å². The summed E-state index contributed by atoms with van der Waals surface area (Å²) in [7, 11) is 1.59. The maximum atomic E-state index is 12.0. The summed E-state index contributed by atoms with van der Waals surface area (Å²) in [4.78, 5) is 15.9. The first-order chi connectivity index (χ1) is 8.29. The molecule has 0 radical (unpaired) electrons. The average Bonchev–Trinajstić information content (AvgIpc) is 2.40. The Balaban J connectivity index is 2.14. The Bertz CT molecular complexity index is 509. The van der Waals surface area contributed by atoms with E-state index < -0.39 is 0 Å². The monoisotopic (exact) mass is 227 g/mol. The van der Waals surface area contributed by atoms with Crippen molar-refractivity contribution in [3.8, 4) is 5.75 Å². The molecule has 2 rings (SSSR count). The van der Waals surface area contributed by atoms with Crippen molar-refractivity contribution >= 4 is 5.78 Å². The van der Waals surface area contributed by atoms with Crippen LogP contribution in [-0.4, -0.2) is 17.9 Å². The number of carbonyl (C=O) groups is 1. The molecule has 0 unspecified atom stereocenters. The molecule has 2 aromatic rings. The summed E-state index contributed by atoms with van der Waals surface area (Å²) in [6.07, 6.45) is 3.76. The first-order valence-electron chi connectivity index (χ1n) is 5.36. The van der Waals surface area contributed by atoms with Crippen molar-refractivity contribution in [1.29, 1.82) is 0 Å². The molecule has 0 atom stereocenters. The van der Waals surface area contributed by atoms with E-state index in [0.29, 0.717) is 17.7 Å².